The van der Waals surface area contributed by atoms with Gasteiger partial charge in [-0.15, -0.1) is 0 Å². The summed E-state index contributed by atoms with van der Waals surface area (Å²) in [7, 11) is 1.02. The fraction of sp³-hybridized carbons (Fsp3) is 0.500. The molecule has 0 fully saturated rings. The van der Waals surface area contributed by atoms with Crippen molar-refractivity contribution in [3.63, 3.8) is 0 Å². The molecule has 68 valence electrons. The molecule has 8 heteroatoms. The largest absolute Gasteiger partial charge is 0.683 e. The average Bonchev–Trinajstić information content (AvgIpc) is 1.98. The second-order valence-electron chi connectivity index (χ2n) is 1.57. The molecule has 12 heavy (non-hydrogen) atoms. The van der Waals surface area contributed by atoms with E-state index in [-0.39, 0.29) is 5.23 Å². The van der Waals surface area contributed by atoms with Gasteiger partial charge in [0.05, 0.1) is 7.11 Å². The molecule has 0 aromatic rings. The van der Waals surface area contributed by atoms with Gasteiger partial charge in [-0.25, -0.2) is 9.68 Å². The van der Waals surface area contributed by atoms with Crippen LogP contribution in [0.3, 0.4) is 0 Å². The van der Waals surface area contributed by atoms with Crippen LogP contribution in [0.2, 0.25) is 0 Å². The van der Waals surface area contributed by atoms with Crippen molar-refractivity contribution in [2.75, 3.05) is 7.11 Å². The number of carbonyl (C=O) groups is 2. The van der Waals surface area contributed by atoms with E-state index >= 15 is 0 Å². The number of carbonyl (C=O) groups excluding carboxylic acids is 2. The van der Waals surface area contributed by atoms with Crippen LogP contribution in [0, 0.1) is 10.1 Å². The average molecular weight is 178 g/mol. The Morgan fingerprint density at radius 2 is 2.00 bits per heavy atom. The molecular weight excluding hydrogens is 172 g/mol. The molecule has 0 spiro atoms. The van der Waals surface area contributed by atoms with Gasteiger partial charge in [-0.1, -0.05) is 0 Å². The quantitative estimate of drug-likeness (QED) is 0.404. The molecule has 0 heterocycles. The van der Waals surface area contributed by atoms with Crippen LogP contribution in [0.25, 0.3) is 0 Å². The molecule has 0 aliphatic rings. The Kier molecular flexibility index (Phi) is 3.63. The minimum absolute atomic E-state index is 0.102. The first-order chi connectivity index (χ1) is 5.49. The van der Waals surface area contributed by atoms with Gasteiger partial charge in [-0.05, 0) is 5.23 Å². The highest BCUT2D eigenvalue weighted by Gasteiger charge is 2.24. The van der Waals surface area contributed by atoms with E-state index in [0.717, 1.165) is 14.0 Å². The summed E-state index contributed by atoms with van der Waals surface area (Å²) in [6.45, 7) is 1.01. The van der Waals surface area contributed by atoms with Crippen molar-refractivity contribution in [1.82, 2.24) is 5.23 Å². The summed E-state index contributed by atoms with van der Waals surface area (Å²) in [6, 6.07) is 0. The first-order valence-corrected chi connectivity index (χ1v) is 2.70. The third-order valence-electron chi connectivity index (χ3n) is 0.733. The van der Waals surface area contributed by atoms with Gasteiger partial charge in [0.1, 0.15) is 4.92 Å². The SMILES string of the molecule is CON(OC(=O)[N+](=O)[O-])C(C)=O. The monoisotopic (exact) mass is 178 g/mol. The Morgan fingerprint density at radius 3 is 2.25 bits per heavy atom. The molecule has 0 aliphatic heterocycles. The third kappa shape index (κ3) is 2.92. The minimum atomic E-state index is -1.79. The van der Waals surface area contributed by atoms with E-state index in [4.69, 9.17) is 0 Å². The predicted molar refractivity (Wildman–Crippen MR) is 33.0 cm³/mol. The first-order valence-electron chi connectivity index (χ1n) is 2.70. The molecule has 0 radical (unpaired) electrons. The van der Waals surface area contributed by atoms with Gasteiger partial charge in [0.25, 0.3) is 5.91 Å². The van der Waals surface area contributed by atoms with Crippen molar-refractivity contribution in [1.29, 1.82) is 0 Å². The summed E-state index contributed by atoms with van der Waals surface area (Å²) in [5.74, 6) is -0.785. The van der Waals surface area contributed by atoms with E-state index in [1.54, 1.807) is 0 Å². The van der Waals surface area contributed by atoms with Crippen molar-refractivity contribution in [2.45, 2.75) is 6.92 Å². The maximum atomic E-state index is 10.4. The molecule has 0 aromatic heterocycles. The summed E-state index contributed by atoms with van der Waals surface area (Å²) >= 11 is 0. The van der Waals surface area contributed by atoms with Crippen molar-refractivity contribution in [3.8, 4) is 0 Å². The topological polar surface area (TPSA) is 99.0 Å². The maximum absolute atomic E-state index is 10.4. The second kappa shape index (κ2) is 4.23. The summed E-state index contributed by atoms with van der Waals surface area (Å²) in [4.78, 5) is 37.1. The molecule has 0 unspecified atom stereocenters. The van der Waals surface area contributed by atoms with Gasteiger partial charge >= 0.3 is 6.09 Å². The van der Waals surface area contributed by atoms with Crippen molar-refractivity contribution < 1.29 is 24.2 Å². The zero-order chi connectivity index (χ0) is 9.72. The molecule has 0 saturated heterocycles. The van der Waals surface area contributed by atoms with Crippen LogP contribution >= 0.6 is 0 Å². The summed E-state index contributed by atoms with van der Waals surface area (Å²) < 4.78 is 0. The van der Waals surface area contributed by atoms with E-state index < -0.39 is 16.9 Å². The molecule has 0 aromatic carbocycles. The molecule has 8 nitrogen and oxygen atoms in total. The molecule has 2 amide bonds. The number of nitro groups is 1. The van der Waals surface area contributed by atoms with Gasteiger partial charge in [-0.3, -0.25) is 14.9 Å². The summed E-state index contributed by atoms with van der Waals surface area (Å²) in [5.41, 5.74) is 0. The number of nitrogens with zero attached hydrogens (tertiary/aromatic N) is 2. The first kappa shape index (κ1) is 10.3. The maximum Gasteiger partial charge on any atom is 0.683 e. The van der Waals surface area contributed by atoms with Gasteiger partial charge in [0.2, 0.25) is 0 Å². The third-order valence-corrected chi connectivity index (χ3v) is 0.733. The number of hydrogen-bond acceptors (Lipinski definition) is 6. The normalized spacial score (nSPS) is 8.83. The second-order valence-corrected chi connectivity index (χ2v) is 1.57. The standard InChI is InChI=1S/C4H6N2O6/c1-3(7)6(11-2)12-4(8)5(9)10/h1-2H3. The lowest BCUT2D eigenvalue weighted by Crippen LogP contribution is -2.32. The van der Waals surface area contributed by atoms with E-state index in [2.05, 4.69) is 9.68 Å². The summed E-state index contributed by atoms with van der Waals surface area (Å²) in [5, 5.41) is 9.81. The Labute approximate surface area is 66.7 Å². The van der Waals surface area contributed by atoms with Crippen LogP contribution in [-0.2, 0) is 14.5 Å². The summed E-state index contributed by atoms with van der Waals surface area (Å²) in [6.07, 6.45) is -1.79. The zero-order valence-corrected chi connectivity index (χ0v) is 6.34. The Morgan fingerprint density at radius 1 is 1.50 bits per heavy atom. The zero-order valence-electron chi connectivity index (χ0n) is 6.34. The van der Waals surface area contributed by atoms with Gasteiger partial charge in [0.15, 0.2) is 0 Å². The highest BCUT2D eigenvalue weighted by atomic mass is 17.0. The number of rotatable bonds is 1. The van der Waals surface area contributed by atoms with Crippen LogP contribution in [-0.4, -0.2) is 29.3 Å². The van der Waals surface area contributed by atoms with Gasteiger partial charge < -0.3 is 0 Å². The lowest BCUT2D eigenvalue weighted by Gasteiger charge is -2.11. The highest BCUT2D eigenvalue weighted by molar-refractivity contribution is 5.72. The van der Waals surface area contributed by atoms with Gasteiger partial charge in [-0.2, -0.15) is 4.79 Å². The van der Waals surface area contributed by atoms with E-state index in [9.17, 15) is 19.7 Å². The van der Waals surface area contributed by atoms with E-state index in [1.807, 2.05) is 0 Å². The van der Waals surface area contributed by atoms with Crippen LogP contribution in [0.5, 0.6) is 0 Å². The Bertz CT molecular complexity index is 214. The van der Waals surface area contributed by atoms with E-state index in [1.165, 1.54) is 0 Å². The molecule has 0 aliphatic carbocycles. The minimum Gasteiger partial charge on any atom is -0.269 e. The van der Waals surface area contributed by atoms with Crippen molar-refractivity contribution in [2.24, 2.45) is 0 Å². The predicted octanol–water partition coefficient (Wildman–Crippen LogP) is -0.275. The van der Waals surface area contributed by atoms with Crippen LogP contribution in [0.1, 0.15) is 6.92 Å². The highest BCUT2D eigenvalue weighted by Crippen LogP contribution is 1.93. The lowest BCUT2D eigenvalue weighted by molar-refractivity contribution is -0.432. The molecule has 0 rings (SSSR count). The van der Waals surface area contributed by atoms with Crippen molar-refractivity contribution >= 4 is 12.0 Å². The van der Waals surface area contributed by atoms with Crippen LogP contribution in [0.15, 0.2) is 0 Å². The molecule has 0 atom stereocenters. The Hall–Kier alpha value is -1.70. The fourth-order valence-corrected chi connectivity index (χ4v) is 0.334. The molecular formula is C4H6N2O6. The number of amides is 2. The number of hydrogen-bond donors (Lipinski definition) is 0. The lowest BCUT2D eigenvalue weighted by atomic mass is 10.8. The Balaban J connectivity index is 4.12. The van der Waals surface area contributed by atoms with Crippen LogP contribution < -0.4 is 0 Å². The van der Waals surface area contributed by atoms with Gasteiger partial charge in [0, 0.05) is 6.92 Å². The fourth-order valence-electron chi connectivity index (χ4n) is 0.334. The molecule has 0 bridgehead atoms. The number of hydroxylamine groups is 2. The van der Waals surface area contributed by atoms with Crippen LogP contribution in [0.4, 0.5) is 4.79 Å². The molecule has 0 saturated carbocycles. The van der Waals surface area contributed by atoms with Crippen molar-refractivity contribution in [3.05, 3.63) is 10.1 Å². The molecule has 0 N–H and O–H groups in total. The van der Waals surface area contributed by atoms with E-state index in [0.29, 0.717) is 0 Å². The smallest absolute Gasteiger partial charge is 0.269 e.